The van der Waals surface area contributed by atoms with E-state index in [4.69, 9.17) is 15.1 Å². The molecule has 2 rings (SSSR count). The maximum Gasteiger partial charge on any atom is 0.345 e. The zero-order chi connectivity index (χ0) is 13.1. The SMILES string of the molecule is Cc1ccc(C#N)cc1Oc1ccc(C(=O)O)s1. The maximum absolute atomic E-state index is 10.7. The van der Waals surface area contributed by atoms with Gasteiger partial charge >= 0.3 is 5.97 Å². The van der Waals surface area contributed by atoms with Crippen LogP contribution in [0.15, 0.2) is 30.3 Å². The van der Waals surface area contributed by atoms with Gasteiger partial charge in [0.1, 0.15) is 10.6 Å². The molecule has 0 aliphatic heterocycles. The molecule has 4 nitrogen and oxygen atoms in total. The van der Waals surface area contributed by atoms with Crippen LogP contribution in [0.25, 0.3) is 0 Å². The number of nitrogens with zero attached hydrogens (tertiary/aromatic N) is 1. The molecule has 1 N–H and O–H groups in total. The molecule has 0 atom stereocenters. The van der Waals surface area contributed by atoms with Crippen LogP contribution in [0.2, 0.25) is 0 Å². The summed E-state index contributed by atoms with van der Waals surface area (Å²) in [7, 11) is 0. The lowest BCUT2D eigenvalue weighted by Crippen LogP contribution is -1.89. The van der Waals surface area contributed by atoms with Gasteiger partial charge in [-0.15, -0.1) is 0 Å². The fraction of sp³-hybridized carbons (Fsp3) is 0.0769. The third kappa shape index (κ3) is 2.50. The molecule has 1 heterocycles. The van der Waals surface area contributed by atoms with Crippen molar-refractivity contribution in [2.75, 3.05) is 0 Å². The Hall–Kier alpha value is -2.32. The van der Waals surface area contributed by atoms with Gasteiger partial charge < -0.3 is 9.84 Å². The van der Waals surface area contributed by atoms with E-state index in [1.807, 2.05) is 13.0 Å². The molecular weight excluding hydrogens is 250 g/mol. The lowest BCUT2D eigenvalue weighted by Gasteiger charge is -2.06. The first-order valence-corrected chi connectivity index (χ1v) is 5.93. The topological polar surface area (TPSA) is 70.3 Å². The number of carboxylic acid groups (broad SMARTS) is 1. The minimum atomic E-state index is -0.975. The molecule has 0 saturated heterocycles. The number of hydrogen-bond donors (Lipinski definition) is 1. The average molecular weight is 259 g/mol. The molecule has 0 unspecified atom stereocenters. The smallest absolute Gasteiger partial charge is 0.345 e. The zero-order valence-electron chi connectivity index (χ0n) is 9.51. The summed E-state index contributed by atoms with van der Waals surface area (Å²) >= 11 is 1.05. The summed E-state index contributed by atoms with van der Waals surface area (Å²) in [6.07, 6.45) is 0. The quantitative estimate of drug-likeness (QED) is 0.916. The number of ether oxygens (including phenoxy) is 1. The van der Waals surface area contributed by atoms with E-state index in [1.165, 1.54) is 6.07 Å². The lowest BCUT2D eigenvalue weighted by molar-refractivity contribution is 0.0702. The third-order valence-corrected chi connectivity index (χ3v) is 3.27. The van der Waals surface area contributed by atoms with E-state index < -0.39 is 5.97 Å². The second kappa shape index (κ2) is 4.90. The third-order valence-electron chi connectivity index (χ3n) is 2.32. The molecule has 0 radical (unpaired) electrons. The van der Waals surface area contributed by atoms with Crippen LogP contribution < -0.4 is 4.74 Å². The van der Waals surface area contributed by atoms with Crippen molar-refractivity contribution in [1.29, 1.82) is 5.26 Å². The molecule has 0 saturated carbocycles. The van der Waals surface area contributed by atoms with Crippen molar-refractivity contribution in [3.05, 3.63) is 46.3 Å². The van der Waals surface area contributed by atoms with E-state index in [1.54, 1.807) is 24.3 Å². The second-order valence-electron chi connectivity index (χ2n) is 3.62. The number of aryl methyl sites for hydroxylation is 1. The number of carboxylic acids is 1. The first-order chi connectivity index (χ1) is 8.60. The fourth-order valence-electron chi connectivity index (χ4n) is 1.38. The van der Waals surface area contributed by atoms with E-state index in [0.29, 0.717) is 16.4 Å². The summed E-state index contributed by atoms with van der Waals surface area (Å²) in [5, 5.41) is 18.1. The second-order valence-corrected chi connectivity index (χ2v) is 4.66. The molecule has 0 spiro atoms. The summed E-state index contributed by atoms with van der Waals surface area (Å²) in [5.74, 6) is -0.412. The van der Waals surface area contributed by atoms with E-state index in [2.05, 4.69) is 0 Å². The summed E-state index contributed by atoms with van der Waals surface area (Å²) in [6.45, 7) is 1.86. The minimum Gasteiger partial charge on any atom is -0.477 e. The molecule has 0 fully saturated rings. The normalized spacial score (nSPS) is 9.78. The number of thiophene rings is 1. The zero-order valence-corrected chi connectivity index (χ0v) is 10.3. The molecule has 18 heavy (non-hydrogen) atoms. The van der Waals surface area contributed by atoms with Gasteiger partial charge in [-0.25, -0.2) is 4.79 Å². The van der Waals surface area contributed by atoms with Gasteiger partial charge in [0.05, 0.1) is 11.6 Å². The predicted octanol–water partition coefficient (Wildman–Crippen LogP) is 3.42. The Morgan fingerprint density at radius 1 is 1.39 bits per heavy atom. The Balaban J connectivity index is 2.28. The number of aromatic carboxylic acids is 1. The number of rotatable bonds is 3. The van der Waals surface area contributed by atoms with Gasteiger partial charge in [0.25, 0.3) is 0 Å². The largest absolute Gasteiger partial charge is 0.477 e. The fourth-order valence-corrected chi connectivity index (χ4v) is 2.09. The molecule has 5 heteroatoms. The van der Waals surface area contributed by atoms with Gasteiger partial charge in [-0.1, -0.05) is 17.4 Å². The summed E-state index contributed by atoms with van der Waals surface area (Å²) in [6, 6.07) is 10.3. The van der Waals surface area contributed by atoms with Crippen LogP contribution in [-0.4, -0.2) is 11.1 Å². The molecule has 0 amide bonds. The standard InChI is InChI=1S/C13H9NO3S/c1-8-2-3-9(7-14)6-10(8)17-12-5-4-11(18-12)13(15)16/h2-6H,1H3,(H,15,16). The summed E-state index contributed by atoms with van der Waals surface area (Å²) < 4.78 is 5.59. The molecule has 1 aromatic carbocycles. The Kier molecular flexibility index (Phi) is 3.31. The van der Waals surface area contributed by atoms with E-state index in [-0.39, 0.29) is 4.88 Å². The van der Waals surface area contributed by atoms with E-state index >= 15 is 0 Å². The highest BCUT2D eigenvalue weighted by Crippen LogP contribution is 2.31. The Morgan fingerprint density at radius 2 is 2.17 bits per heavy atom. The summed E-state index contributed by atoms with van der Waals surface area (Å²) in [5.41, 5.74) is 1.39. The molecule has 0 aliphatic carbocycles. The van der Waals surface area contributed by atoms with Crippen LogP contribution in [0.5, 0.6) is 10.8 Å². The van der Waals surface area contributed by atoms with Gasteiger partial charge in [0.2, 0.25) is 0 Å². The molecule has 0 aliphatic rings. The number of nitriles is 1. The molecule has 0 bridgehead atoms. The van der Waals surface area contributed by atoms with Gasteiger partial charge in [-0.3, -0.25) is 0 Å². The molecule has 1 aromatic heterocycles. The van der Waals surface area contributed by atoms with Gasteiger partial charge in [-0.05, 0) is 36.8 Å². The van der Waals surface area contributed by atoms with Crippen LogP contribution in [-0.2, 0) is 0 Å². The Labute approximate surface area is 108 Å². The Morgan fingerprint density at radius 3 is 2.78 bits per heavy atom. The van der Waals surface area contributed by atoms with Gasteiger partial charge in [-0.2, -0.15) is 5.26 Å². The average Bonchev–Trinajstić information content (AvgIpc) is 2.81. The van der Waals surface area contributed by atoms with Crippen LogP contribution in [0.1, 0.15) is 20.8 Å². The monoisotopic (exact) mass is 259 g/mol. The number of carbonyl (C=O) groups is 1. The number of hydrogen-bond acceptors (Lipinski definition) is 4. The van der Waals surface area contributed by atoms with Crippen molar-refractivity contribution in [3.63, 3.8) is 0 Å². The highest BCUT2D eigenvalue weighted by molar-refractivity contribution is 7.15. The predicted molar refractivity (Wildman–Crippen MR) is 67.2 cm³/mol. The van der Waals surface area contributed by atoms with Gasteiger partial charge in [0.15, 0.2) is 5.06 Å². The van der Waals surface area contributed by atoms with Crippen LogP contribution in [0, 0.1) is 18.3 Å². The van der Waals surface area contributed by atoms with Crippen LogP contribution >= 0.6 is 11.3 Å². The van der Waals surface area contributed by atoms with Crippen molar-refractivity contribution in [2.45, 2.75) is 6.92 Å². The first kappa shape index (κ1) is 12.1. The number of benzene rings is 1. The van der Waals surface area contributed by atoms with Crippen LogP contribution in [0.3, 0.4) is 0 Å². The highest BCUT2D eigenvalue weighted by Gasteiger charge is 2.09. The maximum atomic E-state index is 10.7. The molecular formula is C13H9NO3S. The Bertz CT molecular complexity index is 640. The van der Waals surface area contributed by atoms with E-state index in [9.17, 15) is 4.79 Å². The first-order valence-electron chi connectivity index (χ1n) is 5.12. The van der Waals surface area contributed by atoms with Crippen molar-refractivity contribution >= 4 is 17.3 Å². The molecule has 90 valence electrons. The van der Waals surface area contributed by atoms with Crippen molar-refractivity contribution in [3.8, 4) is 16.9 Å². The van der Waals surface area contributed by atoms with Crippen molar-refractivity contribution in [1.82, 2.24) is 0 Å². The lowest BCUT2D eigenvalue weighted by atomic mass is 10.1. The molecule has 2 aromatic rings. The highest BCUT2D eigenvalue weighted by atomic mass is 32.1. The van der Waals surface area contributed by atoms with E-state index in [0.717, 1.165) is 16.9 Å². The van der Waals surface area contributed by atoms with Crippen molar-refractivity contribution in [2.24, 2.45) is 0 Å². The van der Waals surface area contributed by atoms with Crippen molar-refractivity contribution < 1.29 is 14.6 Å². The van der Waals surface area contributed by atoms with Gasteiger partial charge in [0, 0.05) is 0 Å². The van der Waals surface area contributed by atoms with Crippen LogP contribution in [0.4, 0.5) is 0 Å². The minimum absolute atomic E-state index is 0.221. The summed E-state index contributed by atoms with van der Waals surface area (Å²) in [4.78, 5) is 11.0.